The summed E-state index contributed by atoms with van der Waals surface area (Å²) in [6.45, 7) is 8.16. The number of nitrogens with zero attached hydrogens (tertiary/aromatic N) is 3. The van der Waals surface area contributed by atoms with E-state index in [0.29, 0.717) is 6.61 Å². The van der Waals surface area contributed by atoms with Crippen molar-refractivity contribution in [2.75, 3.05) is 6.61 Å². The van der Waals surface area contributed by atoms with Gasteiger partial charge >= 0.3 is 5.97 Å². The molecule has 5 heteroatoms. The lowest BCUT2D eigenvalue weighted by Crippen LogP contribution is -2.18. The van der Waals surface area contributed by atoms with Crippen molar-refractivity contribution in [2.24, 2.45) is 0 Å². The third-order valence-corrected chi connectivity index (χ3v) is 3.06. The van der Waals surface area contributed by atoms with Gasteiger partial charge in [0.1, 0.15) is 17.3 Å². The van der Waals surface area contributed by atoms with E-state index in [1.165, 1.54) is 0 Å². The second-order valence-corrected chi connectivity index (χ2v) is 4.77. The van der Waals surface area contributed by atoms with E-state index < -0.39 is 0 Å². The Balaban J connectivity index is 2.53. The van der Waals surface area contributed by atoms with Gasteiger partial charge in [0.05, 0.1) is 18.3 Å². The van der Waals surface area contributed by atoms with Crippen LogP contribution in [0.1, 0.15) is 45.5 Å². The Bertz CT molecular complexity index is 589. The van der Waals surface area contributed by atoms with Gasteiger partial charge in [-0.25, -0.2) is 4.98 Å². The molecule has 2 rings (SSSR count). The minimum atomic E-state index is -0.380. The molecule has 0 saturated carbocycles. The van der Waals surface area contributed by atoms with Crippen molar-refractivity contribution in [3.63, 3.8) is 0 Å². The van der Waals surface area contributed by atoms with Gasteiger partial charge in [-0.3, -0.25) is 9.78 Å². The van der Waals surface area contributed by atoms with Crippen molar-refractivity contribution >= 4 is 17.0 Å². The van der Waals surface area contributed by atoms with Crippen molar-refractivity contribution in [1.29, 1.82) is 0 Å². The van der Waals surface area contributed by atoms with Gasteiger partial charge in [-0.15, -0.1) is 0 Å². The fourth-order valence-corrected chi connectivity index (χ4v) is 2.19. The number of fused-ring (bicyclic) bond motifs is 1. The van der Waals surface area contributed by atoms with E-state index in [4.69, 9.17) is 4.74 Å². The molecule has 0 aliphatic rings. The molecule has 2 aromatic heterocycles. The number of carbonyl (C=O) groups excluding carboxylic acids is 1. The van der Waals surface area contributed by atoms with E-state index in [0.717, 1.165) is 16.9 Å². The van der Waals surface area contributed by atoms with Crippen LogP contribution in [0.15, 0.2) is 18.5 Å². The second kappa shape index (κ2) is 5.38. The van der Waals surface area contributed by atoms with E-state index >= 15 is 0 Å². The fraction of sp³-hybridized carbons (Fsp3) is 0.500. The highest BCUT2D eigenvalue weighted by Gasteiger charge is 2.24. The van der Waals surface area contributed by atoms with Gasteiger partial charge in [-0.2, -0.15) is 0 Å². The van der Waals surface area contributed by atoms with Gasteiger partial charge in [0.2, 0.25) is 0 Å². The van der Waals surface area contributed by atoms with Crippen molar-refractivity contribution < 1.29 is 9.53 Å². The minimum Gasteiger partial charge on any atom is -0.465 e. The summed E-state index contributed by atoms with van der Waals surface area (Å²) in [5.74, 6) is 0.110. The number of ether oxygens (including phenoxy) is 1. The molecule has 0 aliphatic heterocycles. The molecule has 1 atom stereocenters. The maximum atomic E-state index is 11.9. The topological polar surface area (TPSA) is 57.0 Å². The van der Waals surface area contributed by atoms with Gasteiger partial charge < -0.3 is 9.30 Å². The Kier molecular flexibility index (Phi) is 3.83. The Morgan fingerprint density at radius 3 is 2.79 bits per heavy atom. The maximum Gasteiger partial charge on any atom is 0.316 e. The quantitative estimate of drug-likeness (QED) is 0.794. The van der Waals surface area contributed by atoms with Crippen LogP contribution in [-0.2, 0) is 9.53 Å². The highest BCUT2D eigenvalue weighted by molar-refractivity contribution is 5.80. The predicted octanol–water partition coefficient (Wildman–Crippen LogP) is 2.68. The Hall–Kier alpha value is -1.91. The number of pyridine rings is 1. The fourth-order valence-electron chi connectivity index (χ4n) is 2.19. The molecular formula is C14H19N3O2. The molecule has 0 fully saturated rings. The largest absolute Gasteiger partial charge is 0.465 e. The average Bonchev–Trinajstić information content (AvgIpc) is 2.77. The molecule has 0 aromatic carbocycles. The van der Waals surface area contributed by atoms with E-state index in [2.05, 4.69) is 28.4 Å². The van der Waals surface area contributed by atoms with Crippen LogP contribution in [0.2, 0.25) is 0 Å². The number of imidazole rings is 1. The molecule has 19 heavy (non-hydrogen) atoms. The van der Waals surface area contributed by atoms with Gasteiger partial charge in [0, 0.05) is 12.2 Å². The van der Waals surface area contributed by atoms with Crippen LogP contribution in [0, 0.1) is 0 Å². The first-order valence-corrected chi connectivity index (χ1v) is 6.54. The third kappa shape index (κ3) is 2.45. The molecule has 2 aromatic rings. The van der Waals surface area contributed by atoms with Gasteiger partial charge in [0.25, 0.3) is 0 Å². The average molecular weight is 261 g/mol. The molecule has 0 aliphatic carbocycles. The highest BCUT2D eigenvalue weighted by atomic mass is 16.5. The molecule has 0 radical (unpaired) electrons. The second-order valence-electron chi connectivity index (χ2n) is 4.77. The Morgan fingerprint density at radius 1 is 1.42 bits per heavy atom. The molecule has 0 bridgehead atoms. The zero-order chi connectivity index (χ0) is 14.0. The molecule has 0 N–H and O–H groups in total. The first kappa shape index (κ1) is 13.5. The van der Waals surface area contributed by atoms with Crippen molar-refractivity contribution in [2.45, 2.75) is 39.7 Å². The first-order valence-electron chi connectivity index (χ1n) is 6.54. The number of hydrogen-bond donors (Lipinski definition) is 0. The van der Waals surface area contributed by atoms with E-state index in [1.807, 2.05) is 13.0 Å². The third-order valence-electron chi connectivity index (χ3n) is 3.06. The summed E-state index contributed by atoms with van der Waals surface area (Å²) in [5.41, 5.74) is 1.80. The molecule has 102 valence electrons. The van der Waals surface area contributed by atoms with Crippen LogP contribution in [0.25, 0.3) is 11.0 Å². The minimum absolute atomic E-state index is 0.222. The van der Waals surface area contributed by atoms with E-state index in [-0.39, 0.29) is 17.9 Å². The van der Waals surface area contributed by atoms with Crippen LogP contribution >= 0.6 is 0 Å². The van der Waals surface area contributed by atoms with Crippen molar-refractivity contribution in [1.82, 2.24) is 14.5 Å². The molecule has 1 unspecified atom stereocenters. The summed E-state index contributed by atoms with van der Waals surface area (Å²) in [4.78, 5) is 20.5. The number of carbonyl (C=O) groups is 1. The number of aromatic nitrogens is 3. The highest BCUT2D eigenvalue weighted by Crippen LogP contribution is 2.26. The molecule has 0 spiro atoms. The zero-order valence-corrected chi connectivity index (χ0v) is 11.8. The molecule has 0 amide bonds. The first-order chi connectivity index (χ1) is 9.06. The van der Waals surface area contributed by atoms with Crippen LogP contribution in [0.4, 0.5) is 0 Å². The summed E-state index contributed by atoms with van der Waals surface area (Å²) in [7, 11) is 0. The summed E-state index contributed by atoms with van der Waals surface area (Å²) in [5, 5.41) is 0. The summed E-state index contributed by atoms with van der Waals surface area (Å²) in [6, 6.07) is 2.14. The summed E-state index contributed by atoms with van der Waals surface area (Å²) < 4.78 is 7.15. The van der Waals surface area contributed by atoms with Crippen LogP contribution < -0.4 is 0 Å². The van der Waals surface area contributed by atoms with Crippen molar-refractivity contribution in [3.8, 4) is 0 Å². The predicted molar refractivity (Wildman–Crippen MR) is 73.0 cm³/mol. The number of rotatable bonds is 4. The van der Waals surface area contributed by atoms with Crippen LogP contribution in [-0.4, -0.2) is 27.1 Å². The van der Waals surface area contributed by atoms with Gasteiger partial charge in [-0.05, 0) is 33.8 Å². The van der Waals surface area contributed by atoms with Crippen molar-refractivity contribution in [3.05, 3.63) is 24.3 Å². The molecular weight excluding hydrogens is 242 g/mol. The molecule has 2 heterocycles. The standard InChI is InChI=1S/C14H19N3O2/c1-5-19-14(18)10(4)13-16-11-8-15-7-6-12(11)17(13)9(2)3/h6-10H,5H2,1-4H3. The van der Waals surface area contributed by atoms with Gasteiger partial charge in [0.15, 0.2) is 0 Å². The number of hydrogen-bond acceptors (Lipinski definition) is 4. The lowest BCUT2D eigenvalue weighted by atomic mass is 10.1. The summed E-state index contributed by atoms with van der Waals surface area (Å²) in [6.07, 6.45) is 3.46. The van der Waals surface area contributed by atoms with Crippen LogP contribution in [0.5, 0.6) is 0 Å². The monoisotopic (exact) mass is 261 g/mol. The molecule has 5 nitrogen and oxygen atoms in total. The SMILES string of the molecule is CCOC(=O)C(C)c1nc2cnccc2n1C(C)C. The summed E-state index contributed by atoms with van der Waals surface area (Å²) >= 11 is 0. The molecule has 0 saturated heterocycles. The lowest BCUT2D eigenvalue weighted by Gasteiger charge is -2.16. The number of esters is 1. The van der Waals surface area contributed by atoms with E-state index in [1.54, 1.807) is 19.3 Å². The lowest BCUT2D eigenvalue weighted by molar-refractivity contribution is -0.144. The van der Waals surface area contributed by atoms with Crippen LogP contribution in [0.3, 0.4) is 0 Å². The Morgan fingerprint density at radius 2 is 2.16 bits per heavy atom. The normalized spacial score (nSPS) is 12.9. The zero-order valence-electron chi connectivity index (χ0n) is 11.8. The maximum absolute atomic E-state index is 11.9. The Labute approximate surface area is 112 Å². The smallest absolute Gasteiger partial charge is 0.316 e. The van der Waals surface area contributed by atoms with E-state index in [9.17, 15) is 4.79 Å². The van der Waals surface area contributed by atoms with Gasteiger partial charge in [-0.1, -0.05) is 0 Å².